The largest absolute Gasteiger partial charge is 0.769 e. The van der Waals surface area contributed by atoms with E-state index >= 15 is 0 Å². The molecule has 0 aromatic rings. The molecule has 13 heavy (non-hydrogen) atoms. The molecule has 0 saturated heterocycles. The van der Waals surface area contributed by atoms with Crippen LogP contribution in [0, 0.1) is 16.0 Å². The van der Waals surface area contributed by atoms with E-state index in [1.807, 2.05) is 0 Å². The molecule has 0 radical (unpaired) electrons. The number of rotatable bonds is 2. The first-order valence-electron chi connectivity index (χ1n) is 3.66. The summed E-state index contributed by atoms with van der Waals surface area (Å²) in [6.07, 6.45) is 2.70. The van der Waals surface area contributed by atoms with Crippen molar-refractivity contribution in [1.29, 1.82) is 0 Å². The maximum absolute atomic E-state index is 10.6. The summed E-state index contributed by atoms with van der Waals surface area (Å²) in [7, 11) is 0. The quantitative estimate of drug-likeness (QED) is 0.379. The second kappa shape index (κ2) is 3.80. The molecule has 2 atom stereocenters. The van der Waals surface area contributed by atoms with Crippen molar-refractivity contribution < 1.29 is 13.7 Å². The third kappa shape index (κ3) is 2.22. The van der Waals surface area contributed by atoms with Gasteiger partial charge in [-0.15, -0.1) is 0 Å². The van der Waals surface area contributed by atoms with Crippen LogP contribution in [-0.2, 0) is 11.1 Å². The number of nitrogens with zero attached hydrogens (tertiary/aromatic N) is 1. The molecule has 6 heteroatoms. The smallest absolute Gasteiger partial charge is 0.246 e. The van der Waals surface area contributed by atoms with Crippen molar-refractivity contribution in [2.45, 2.75) is 13.3 Å². The van der Waals surface area contributed by atoms with Crippen LogP contribution in [-0.4, -0.2) is 13.7 Å². The van der Waals surface area contributed by atoms with E-state index in [1.165, 1.54) is 12.2 Å². The predicted molar refractivity (Wildman–Crippen MR) is 45.9 cm³/mol. The maximum Gasteiger partial charge on any atom is 0.246 e. The molecule has 5 nitrogen and oxygen atoms in total. The lowest BCUT2D eigenvalue weighted by Gasteiger charge is -2.19. The zero-order valence-corrected chi connectivity index (χ0v) is 7.74. The fraction of sp³-hybridized carbons (Fsp3) is 0.429. The number of hydrogen-bond donors (Lipinski definition) is 0. The van der Waals surface area contributed by atoms with Crippen molar-refractivity contribution in [3.8, 4) is 0 Å². The second-order valence-electron chi connectivity index (χ2n) is 2.82. The summed E-state index contributed by atoms with van der Waals surface area (Å²) < 4.78 is 21.1. The molecule has 0 spiro atoms. The third-order valence-electron chi connectivity index (χ3n) is 1.87. The molecule has 72 valence electrons. The molecule has 0 saturated carbocycles. The molecular formula is C7H8NO4S-. The highest BCUT2D eigenvalue weighted by molar-refractivity contribution is 7.83. The van der Waals surface area contributed by atoms with E-state index in [0.29, 0.717) is 0 Å². The van der Waals surface area contributed by atoms with Gasteiger partial charge in [-0.2, -0.15) is 0 Å². The Bertz CT molecular complexity index is 320. The van der Waals surface area contributed by atoms with Gasteiger partial charge in [-0.1, -0.05) is 6.92 Å². The average Bonchev–Trinajstić information content (AvgIpc) is 2.03. The van der Waals surface area contributed by atoms with Crippen molar-refractivity contribution in [1.82, 2.24) is 0 Å². The van der Waals surface area contributed by atoms with E-state index in [4.69, 9.17) is 0 Å². The molecule has 1 aliphatic rings. The Labute approximate surface area is 77.6 Å². The van der Waals surface area contributed by atoms with Gasteiger partial charge >= 0.3 is 0 Å². The van der Waals surface area contributed by atoms with Crippen molar-refractivity contribution in [2.24, 2.45) is 5.92 Å². The van der Waals surface area contributed by atoms with Crippen molar-refractivity contribution >= 4 is 11.1 Å². The minimum atomic E-state index is -2.27. The van der Waals surface area contributed by atoms with Gasteiger partial charge in [0.2, 0.25) is 5.70 Å². The highest BCUT2D eigenvalue weighted by atomic mass is 32.2. The minimum absolute atomic E-state index is 0.0571. The fourth-order valence-corrected chi connectivity index (χ4v) is 1.77. The molecule has 0 amide bonds. The molecule has 0 fully saturated rings. The molecule has 0 N–H and O–H groups in total. The van der Waals surface area contributed by atoms with Crippen LogP contribution in [0.5, 0.6) is 0 Å². The molecule has 0 aromatic carbocycles. The lowest BCUT2D eigenvalue weighted by Crippen LogP contribution is -2.13. The normalized spacial score (nSPS) is 24.6. The molecule has 0 aromatic heterocycles. The van der Waals surface area contributed by atoms with Crippen molar-refractivity contribution in [3.05, 3.63) is 32.9 Å². The lowest BCUT2D eigenvalue weighted by molar-refractivity contribution is -0.428. The van der Waals surface area contributed by atoms with Crippen molar-refractivity contribution in [3.63, 3.8) is 0 Å². The number of nitro groups is 1. The van der Waals surface area contributed by atoms with Crippen LogP contribution in [0.4, 0.5) is 0 Å². The highest BCUT2D eigenvalue weighted by Gasteiger charge is 2.22. The summed E-state index contributed by atoms with van der Waals surface area (Å²) in [5.74, 6) is -0.302. The fourth-order valence-electron chi connectivity index (χ4n) is 1.18. The van der Waals surface area contributed by atoms with Crippen LogP contribution >= 0.6 is 0 Å². The van der Waals surface area contributed by atoms with Gasteiger partial charge in [0.15, 0.2) is 0 Å². The van der Waals surface area contributed by atoms with Gasteiger partial charge in [-0.3, -0.25) is 14.3 Å². The number of hydrogen-bond acceptors (Lipinski definition) is 4. The zero-order valence-electron chi connectivity index (χ0n) is 6.93. The second-order valence-corrected chi connectivity index (χ2v) is 3.76. The van der Waals surface area contributed by atoms with Crippen LogP contribution in [0.1, 0.15) is 13.3 Å². The summed E-state index contributed by atoms with van der Waals surface area (Å²) in [6, 6.07) is 0. The van der Waals surface area contributed by atoms with E-state index in [9.17, 15) is 18.9 Å². The summed E-state index contributed by atoms with van der Waals surface area (Å²) in [4.78, 5) is 10.1. The van der Waals surface area contributed by atoms with Crippen LogP contribution in [0.25, 0.3) is 0 Å². The minimum Gasteiger partial charge on any atom is -0.769 e. The Morgan fingerprint density at radius 1 is 1.62 bits per heavy atom. The molecule has 2 unspecified atom stereocenters. The van der Waals surface area contributed by atoms with Gasteiger partial charge in [-0.05, 0) is 23.1 Å². The molecule has 0 bridgehead atoms. The third-order valence-corrected chi connectivity index (χ3v) is 2.79. The Morgan fingerprint density at radius 3 is 2.62 bits per heavy atom. The van der Waals surface area contributed by atoms with Crippen molar-refractivity contribution in [2.75, 3.05) is 0 Å². The molecule has 0 heterocycles. The van der Waals surface area contributed by atoms with Crippen LogP contribution in [0.15, 0.2) is 22.8 Å². The Kier molecular flexibility index (Phi) is 2.94. The topological polar surface area (TPSA) is 83.3 Å². The van der Waals surface area contributed by atoms with Gasteiger partial charge < -0.3 is 4.55 Å². The maximum atomic E-state index is 10.6. The predicted octanol–water partition coefficient (Wildman–Crippen LogP) is 0.950. The lowest BCUT2D eigenvalue weighted by atomic mass is 10.0. The van der Waals surface area contributed by atoms with Gasteiger partial charge in [0.05, 0.1) is 4.92 Å². The molecular weight excluding hydrogens is 194 g/mol. The van der Waals surface area contributed by atoms with Crippen LogP contribution in [0.2, 0.25) is 0 Å². The Morgan fingerprint density at radius 2 is 2.23 bits per heavy atom. The highest BCUT2D eigenvalue weighted by Crippen LogP contribution is 2.26. The van der Waals surface area contributed by atoms with E-state index < -0.39 is 16.0 Å². The summed E-state index contributed by atoms with van der Waals surface area (Å²) in [5, 5.41) is 10.3. The first kappa shape index (κ1) is 10.1. The zero-order chi connectivity index (χ0) is 10.0. The van der Waals surface area contributed by atoms with E-state index in [0.717, 1.165) is 0 Å². The first-order valence-corrected chi connectivity index (χ1v) is 4.74. The standard InChI is InChI=1S/C7H9NO4S/c1-5-4-6(8(9)10)2-3-7(5)13(11)12/h2-3,5H,4H2,1H3,(H,11,12)/p-1. The molecule has 1 aliphatic carbocycles. The van der Waals surface area contributed by atoms with E-state index in [2.05, 4.69) is 0 Å². The van der Waals surface area contributed by atoms with Gasteiger partial charge in [0, 0.05) is 17.4 Å². The monoisotopic (exact) mass is 202 g/mol. The summed E-state index contributed by atoms with van der Waals surface area (Å²) in [5.41, 5.74) is 0.0571. The number of allylic oxidation sites excluding steroid dienone is 4. The Hall–Kier alpha value is -1.01. The summed E-state index contributed by atoms with van der Waals surface area (Å²) >= 11 is -2.27. The van der Waals surface area contributed by atoms with Crippen LogP contribution < -0.4 is 0 Å². The van der Waals surface area contributed by atoms with E-state index in [1.54, 1.807) is 6.92 Å². The Balaban J connectivity index is 2.93. The molecule has 0 aliphatic heterocycles. The summed E-state index contributed by atoms with van der Waals surface area (Å²) in [6.45, 7) is 1.65. The molecule has 1 rings (SSSR count). The SMILES string of the molecule is CC1CC([N+](=O)[O-])=CC=C1S(=O)[O-]. The first-order chi connectivity index (χ1) is 6.02. The van der Waals surface area contributed by atoms with E-state index in [-0.39, 0.29) is 22.9 Å². The van der Waals surface area contributed by atoms with Gasteiger partial charge in [0.1, 0.15) is 0 Å². The van der Waals surface area contributed by atoms with Gasteiger partial charge in [0.25, 0.3) is 0 Å². The average molecular weight is 202 g/mol. The van der Waals surface area contributed by atoms with Gasteiger partial charge in [-0.25, -0.2) is 0 Å². The van der Waals surface area contributed by atoms with Crippen LogP contribution in [0.3, 0.4) is 0 Å².